The second kappa shape index (κ2) is 9.25. The van der Waals surface area contributed by atoms with Gasteiger partial charge in [0.25, 0.3) is 17.5 Å². The first kappa shape index (κ1) is 26.5. The molecule has 0 unspecified atom stereocenters. The monoisotopic (exact) mass is 548 g/mol. The normalized spacial score (nSPS) is 26.7. The Morgan fingerprint density at radius 1 is 1.05 bits per heavy atom. The summed E-state index contributed by atoms with van der Waals surface area (Å²) in [7, 11) is 2.32. The molecular weight excluding hydrogens is 524 g/mol. The highest BCUT2D eigenvalue weighted by molar-refractivity contribution is 6.37. The Morgan fingerprint density at radius 3 is 2.33 bits per heavy atom. The van der Waals surface area contributed by atoms with Crippen molar-refractivity contribution in [1.82, 2.24) is 10.3 Å². The van der Waals surface area contributed by atoms with E-state index in [0.717, 1.165) is 12.1 Å². The van der Waals surface area contributed by atoms with Crippen molar-refractivity contribution < 1.29 is 33.6 Å². The third-order valence-corrected chi connectivity index (χ3v) is 7.69. The number of nitrogens with zero attached hydrogens (tertiary/aromatic N) is 5. The Labute approximate surface area is 227 Å². The first-order chi connectivity index (χ1) is 19.1. The van der Waals surface area contributed by atoms with Gasteiger partial charge in [-0.3, -0.25) is 25.1 Å². The van der Waals surface area contributed by atoms with Crippen LogP contribution in [0.2, 0.25) is 0 Å². The van der Waals surface area contributed by atoms with Crippen molar-refractivity contribution in [2.75, 3.05) is 25.8 Å². The number of nitro benzene ring substituents is 1. The molecule has 206 valence electrons. The van der Waals surface area contributed by atoms with Crippen LogP contribution in [-0.2, 0) is 23.9 Å². The maximum Gasteiger partial charge on any atom is 0.354 e. The smallest absolute Gasteiger partial charge is 0.354 e. The van der Waals surface area contributed by atoms with Gasteiger partial charge in [0.15, 0.2) is 11.1 Å². The van der Waals surface area contributed by atoms with Crippen molar-refractivity contribution in [2.24, 2.45) is 15.6 Å². The summed E-state index contributed by atoms with van der Waals surface area (Å²) in [6, 6.07) is 13.3. The summed E-state index contributed by atoms with van der Waals surface area (Å²) in [6.45, 7) is 1.47. The fourth-order valence-electron chi connectivity index (χ4n) is 5.78. The number of carbonyl (C=O) groups is 4. The maximum absolute atomic E-state index is 14.5. The lowest BCUT2D eigenvalue weighted by Crippen LogP contribution is -2.77. The largest absolute Gasteiger partial charge is 0.467 e. The molecule has 0 radical (unpaired) electrons. The summed E-state index contributed by atoms with van der Waals surface area (Å²) in [5, 5.41) is 20.5. The molecule has 14 nitrogen and oxygen atoms in total. The predicted octanol–water partition coefficient (Wildman–Crippen LogP) is 1.26. The number of methoxy groups -OCH3 is 2. The van der Waals surface area contributed by atoms with E-state index in [9.17, 15) is 29.3 Å². The fourth-order valence-corrected chi connectivity index (χ4v) is 5.78. The molecule has 0 aromatic heterocycles. The molecule has 2 amide bonds. The highest BCUT2D eigenvalue weighted by Gasteiger charge is 2.81. The highest BCUT2D eigenvalue weighted by Crippen LogP contribution is 2.56. The van der Waals surface area contributed by atoms with Crippen LogP contribution in [0.3, 0.4) is 0 Å². The maximum atomic E-state index is 14.5. The third kappa shape index (κ3) is 3.41. The van der Waals surface area contributed by atoms with Gasteiger partial charge in [0.2, 0.25) is 0 Å². The molecule has 0 bridgehead atoms. The van der Waals surface area contributed by atoms with Gasteiger partial charge in [0.1, 0.15) is 5.71 Å². The van der Waals surface area contributed by atoms with E-state index >= 15 is 0 Å². The number of nitro groups is 1. The summed E-state index contributed by atoms with van der Waals surface area (Å²) >= 11 is 0. The van der Waals surface area contributed by atoms with E-state index in [4.69, 9.17) is 9.47 Å². The summed E-state index contributed by atoms with van der Waals surface area (Å²) in [5.74, 6) is -3.03. The minimum absolute atomic E-state index is 0.0386. The second-order valence-corrected chi connectivity index (χ2v) is 9.80. The molecule has 3 aliphatic heterocycles. The molecule has 0 saturated carbocycles. The van der Waals surface area contributed by atoms with E-state index in [1.807, 2.05) is 0 Å². The first-order valence-electron chi connectivity index (χ1n) is 12.1. The number of benzene rings is 2. The van der Waals surface area contributed by atoms with Gasteiger partial charge >= 0.3 is 11.9 Å². The molecule has 14 heteroatoms. The lowest BCUT2D eigenvalue weighted by molar-refractivity contribution is -0.384. The number of likely N-dealkylation sites (tertiary alicyclic amines) is 1. The van der Waals surface area contributed by atoms with Gasteiger partial charge < -0.3 is 14.4 Å². The molecule has 1 saturated heterocycles. The molecule has 1 N–H and O–H groups in total. The molecule has 2 aromatic rings. The minimum Gasteiger partial charge on any atom is -0.467 e. The molecular formula is C26H24N6O8. The zero-order chi connectivity index (χ0) is 28.9. The number of carbonyl (C=O) groups excluding carboxylic acids is 4. The Kier molecular flexibility index (Phi) is 6.12. The SMILES string of the molecule is COC(=O)C1=NN[C@]2(C(=O)OC)[C@](C)(C1)CN(C(=O)c1ccccc1)[C@@]21C=NN(c2ccc([N+](=O)[O-])cc2)C1=O. The molecule has 3 atom stereocenters. The standard InChI is InChI=1S/C26H24N6O8/c1-24-13-19(21(34)39-2)28-29-26(24,23(36)40-3)25(30(15-24)20(33)16-7-5-4-6-8-16)14-27-31(22(25)35)17-9-11-18(12-10-17)32(37)38/h4-12,14,29H,13,15H2,1-3H3/t24-,25-,26-/m1/s1. The van der Waals surface area contributed by atoms with Crippen molar-refractivity contribution in [2.45, 2.75) is 24.4 Å². The number of anilines is 1. The van der Waals surface area contributed by atoms with Crippen molar-refractivity contribution in [3.63, 3.8) is 0 Å². The number of nitrogens with one attached hydrogen (secondary N) is 1. The van der Waals surface area contributed by atoms with Crippen LogP contribution in [0.25, 0.3) is 0 Å². The lowest BCUT2D eigenvalue weighted by Gasteiger charge is -2.48. The second-order valence-electron chi connectivity index (χ2n) is 9.80. The van der Waals surface area contributed by atoms with Gasteiger partial charge in [0.05, 0.1) is 31.0 Å². The van der Waals surface area contributed by atoms with Crippen LogP contribution in [0.1, 0.15) is 23.7 Å². The van der Waals surface area contributed by atoms with Crippen molar-refractivity contribution in [3.05, 3.63) is 70.3 Å². The van der Waals surface area contributed by atoms with E-state index in [2.05, 4.69) is 15.6 Å². The summed E-state index contributed by atoms with van der Waals surface area (Å²) in [6.07, 6.45) is 1.05. The van der Waals surface area contributed by atoms with Gasteiger partial charge in [-0.2, -0.15) is 15.2 Å². The number of non-ortho nitro benzene ring substituents is 1. The number of fused-ring (bicyclic) bond motifs is 2. The van der Waals surface area contributed by atoms with Crippen LogP contribution >= 0.6 is 0 Å². The van der Waals surface area contributed by atoms with Gasteiger partial charge in [-0.25, -0.2) is 9.59 Å². The zero-order valence-electron chi connectivity index (χ0n) is 21.7. The van der Waals surface area contributed by atoms with Gasteiger partial charge in [-0.1, -0.05) is 25.1 Å². The molecule has 5 rings (SSSR count). The van der Waals surface area contributed by atoms with E-state index < -0.39 is 45.2 Å². The minimum atomic E-state index is -2.10. The molecule has 3 aliphatic rings. The molecule has 40 heavy (non-hydrogen) atoms. The van der Waals surface area contributed by atoms with Crippen molar-refractivity contribution in [1.29, 1.82) is 0 Å². The number of hydrogen-bond donors (Lipinski definition) is 1. The quantitative estimate of drug-likeness (QED) is 0.328. The molecule has 1 spiro atoms. The topological polar surface area (TPSA) is 173 Å². The summed E-state index contributed by atoms with van der Waals surface area (Å²) in [4.78, 5) is 66.5. The first-order valence-corrected chi connectivity index (χ1v) is 12.1. The Hall–Kier alpha value is -5.14. The third-order valence-electron chi connectivity index (χ3n) is 7.69. The van der Waals surface area contributed by atoms with Crippen LogP contribution in [0.5, 0.6) is 0 Å². The number of amides is 2. The average molecular weight is 549 g/mol. The van der Waals surface area contributed by atoms with E-state index in [1.165, 1.54) is 42.5 Å². The number of hydrogen-bond acceptors (Lipinski definition) is 11. The van der Waals surface area contributed by atoms with Crippen LogP contribution in [0.4, 0.5) is 11.4 Å². The van der Waals surface area contributed by atoms with Crippen LogP contribution in [0.15, 0.2) is 64.8 Å². The fraction of sp³-hybridized carbons (Fsp3) is 0.308. The van der Waals surface area contributed by atoms with Crippen LogP contribution in [0, 0.1) is 15.5 Å². The van der Waals surface area contributed by atoms with E-state index in [-0.39, 0.29) is 35.6 Å². The van der Waals surface area contributed by atoms with Gasteiger partial charge in [-0.05, 0) is 24.3 Å². The lowest BCUT2D eigenvalue weighted by atomic mass is 9.61. The van der Waals surface area contributed by atoms with Crippen molar-refractivity contribution >= 4 is 47.1 Å². The average Bonchev–Trinajstić information content (AvgIpc) is 3.44. The van der Waals surface area contributed by atoms with E-state index in [0.29, 0.717) is 0 Å². The van der Waals surface area contributed by atoms with Gasteiger partial charge in [-0.15, -0.1) is 0 Å². The zero-order valence-corrected chi connectivity index (χ0v) is 21.7. The Balaban J connectivity index is 1.71. The number of ether oxygens (including phenoxy) is 2. The van der Waals surface area contributed by atoms with E-state index in [1.54, 1.807) is 37.3 Å². The molecule has 1 fully saturated rings. The number of rotatable bonds is 5. The van der Waals surface area contributed by atoms with Gasteiger partial charge in [0, 0.05) is 36.1 Å². The molecule has 0 aliphatic carbocycles. The predicted molar refractivity (Wildman–Crippen MR) is 139 cm³/mol. The molecule has 3 heterocycles. The van der Waals surface area contributed by atoms with Crippen LogP contribution < -0.4 is 10.4 Å². The Morgan fingerprint density at radius 2 is 1.73 bits per heavy atom. The highest BCUT2D eigenvalue weighted by atomic mass is 16.6. The van der Waals surface area contributed by atoms with Crippen LogP contribution in [-0.4, -0.2) is 77.3 Å². The van der Waals surface area contributed by atoms with Crippen molar-refractivity contribution in [3.8, 4) is 0 Å². The summed E-state index contributed by atoms with van der Waals surface area (Å²) < 4.78 is 10.0. The Bertz CT molecular complexity index is 1490. The molecule has 2 aromatic carbocycles. The number of esters is 2. The summed E-state index contributed by atoms with van der Waals surface area (Å²) in [5.41, 5.74) is -2.53. The number of hydrazone groups is 2.